The molecule has 0 spiro atoms. The van der Waals surface area contributed by atoms with Gasteiger partial charge in [0.05, 0.1) is 13.0 Å². The normalized spacial score (nSPS) is 37.3. The molecule has 1 aliphatic rings. The van der Waals surface area contributed by atoms with Gasteiger partial charge in [0.1, 0.15) is 5.78 Å². The maximum Gasteiger partial charge on any atom is 0.169 e. The first kappa shape index (κ1) is 8.68. The molecule has 0 radical (unpaired) electrons. The molecule has 1 heterocycles. The lowest BCUT2D eigenvalue weighted by molar-refractivity contribution is -0.227. The lowest BCUT2D eigenvalue weighted by Gasteiger charge is -2.36. The highest BCUT2D eigenvalue weighted by Gasteiger charge is 2.40. The highest BCUT2D eigenvalue weighted by atomic mass is 16.6. The fourth-order valence-corrected chi connectivity index (χ4v) is 1.00. The molecule has 1 unspecified atom stereocenters. The monoisotopic (exact) mass is 158 g/mol. The molecule has 0 amide bonds. The van der Waals surface area contributed by atoms with Crippen LogP contribution in [0.3, 0.4) is 0 Å². The fourth-order valence-electron chi connectivity index (χ4n) is 1.00. The Labute approximate surface area is 66.4 Å². The standard InChI is InChI=1S/C8H14O3/c1-7(2)5-11-8(3,10)4-6(7)9/h10H,4-5H2,1-3H3. The molecule has 0 saturated carbocycles. The number of hydrogen-bond donors (Lipinski definition) is 1. The Hall–Kier alpha value is -0.410. The van der Waals surface area contributed by atoms with E-state index in [1.807, 2.05) is 13.8 Å². The van der Waals surface area contributed by atoms with Gasteiger partial charge in [-0.1, -0.05) is 13.8 Å². The number of hydrogen-bond acceptors (Lipinski definition) is 3. The minimum atomic E-state index is -1.24. The Kier molecular flexibility index (Phi) is 1.81. The first-order chi connectivity index (χ1) is 4.83. The number of carbonyl (C=O) groups is 1. The van der Waals surface area contributed by atoms with E-state index in [2.05, 4.69) is 0 Å². The van der Waals surface area contributed by atoms with E-state index < -0.39 is 11.2 Å². The van der Waals surface area contributed by atoms with Gasteiger partial charge in [0.2, 0.25) is 0 Å². The van der Waals surface area contributed by atoms with Crippen LogP contribution in [0.15, 0.2) is 0 Å². The lowest BCUT2D eigenvalue weighted by Crippen LogP contribution is -2.46. The van der Waals surface area contributed by atoms with Crippen LogP contribution >= 0.6 is 0 Å². The van der Waals surface area contributed by atoms with Crippen LogP contribution in [0.2, 0.25) is 0 Å². The average Bonchev–Trinajstić information content (AvgIpc) is 1.81. The largest absolute Gasteiger partial charge is 0.365 e. The third-order valence-corrected chi connectivity index (χ3v) is 1.99. The second kappa shape index (κ2) is 2.29. The van der Waals surface area contributed by atoms with Gasteiger partial charge >= 0.3 is 0 Å². The number of aliphatic hydroxyl groups is 1. The summed E-state index contributed by atoms with van der Waals surface area (Å²) in [6.07, 6.45) is 0.0972. The van der Waals surface area contributed by atoms with Gasteiger partial charge in [0.25, 0.3) is 0 Å². The van der Waals surface area contributed by atoms with Crippen LogP contribution in [0.4, 0.5) is 0 Å². The SMILES string of the molecule is CC1(O)CC(=O)C(C)(C)CO1. The molecule has 3 nitrogen and oxygen atoms in total. The highest BCUT2D eigenvalue weighted by molar-refractivity contribution is 5.85. The van der Waals surface area contributed by atoms with Crippen LogP contribution < -0.4 is 0 Å². The minimum absolute atomic E-state index is 0.0637. The molecular formula is C8H14O3. The van der Waals surface area contributed by atoms with E-state index in [-0.39, 0.29) is 12.2 Å². The number of carbonyl (C=O) groups excluding carboxylic acids is 1. The van der Waals surface area contributed by atoms with Crippen LogP contribution in [-0.4, -0.2) is 23.3 Å². The molecule has 1 saturated heterocycles. The molecular weight excluding hydrogens is 144 g/mol. The van der Waals surface area contributed by atoms with Crippen molar-refractivity contribution in [2.45, 2.75) is 33.0 Å². The second-order valence-corrected chi connectivity index (χ2v) is 3.95. The number of Topliss-reactive ketones (excluding diaryl/α,β-unsaturated/α-hetero) is 1. The molecule has 1 N–H and O–H groups in total. The Morgan fingerprint density at radius 2 is 2.00 bits per heavy atom. The highest BCUT2D eigenvalue weighted by Crippen LogP contribution is 2.30. The fraction of sp³-hybridized carbons (Fsp3) is 0.875. The zero-order valence-corrected chi connectivity index (χ0v) is 7.18. The van der Waals surface area contributed by atoms with Crippen molar-refractivity contribution >= 4 is 5.78 Å². The zero-order valence-electron chi connectivity index (χ0n) is 7.18. The van der Waals surface area contributed by atoms with Gasteiger partial charge in [-0.25, -0.2) is 0 Å². The zero-order chi connectivity index (χ0) is 8.70. The van der Waals surface area contributed by atoms with Crippen molar-refractivity contribution in [3.05, 3.63) is 0 Å². The van der Waals surface area contributed by atoms with E-state index in [4.69, 9.17) is 4.74 Å². The van der Waals surface area contributed by atoms with E-state index in [0.29, 0.717) is 6.61 Å². The van der Waals surface area contributed by atoms with Crippen LogP contribution in [0.25, 0.3) is 0 Å². The third-order valence-electron chi connectivity index (χ3n) is 1.99. The molecule has 11 heavy (non-hydrogen) atoms. The lowest BCUT2D eigenvalue weighted by atomic mass is 9.83. The molecule has 1 aliphatic heterocycles. The Morgan fingerprint density at radius 3 is 2.36 bits per heavy atom. The second-order valence-electron chi connectivity index (χ2n) is 3.95. The minimum Gasteiger partial charge on any atom is -0.365 e. The maximum absolute atomic E-state index is 11.3. The summed E-state index contributed by atoms with van der Waals surface area (Å²) in [5, 5.41) is 9.33. The van der Waals surface area contributed by atoms with Gasteiger partial charge in [-0.3, -0.25) is 4.79 Å². The molecule has 1 rings (SSSR count). The Bertz CT molecular complexity index is 182. The molecule has 0 aromatic rings. The molecule has 1 fully saturated rings. The van der Waals surface area contributed by atoms with Gasteiger partial charge in [0.15, 0.2) is 5.79 Å². The van der Waals surface area contributed by atoms with Gasteiger partial charge in [-0.2, -0.15) is 0 Å². The van der Waals surface area contributed by atoms with E-state index in [0.717, 1.165) is 0 Å². The van der Waals surface area contributed by atoms with Crippen LogP contribution in [0, 0.1) is 5.41 Å². The number of ether oxygens (including phenoxy) is 1. The summed E-state index contributed by atoms with van der Waals surface area (Å²) in [6, 6.07) is 0. The van der Waals surface area contributed by atoms with E-state index in [1.54, 1.807) is 0 Å². The van der Waals surface area contributed by atoms with E-state index in [9.17, 15) is 9.90 Å². The smallest absolute Gasteiger partial charge is 0.169 e. The summed E-state index contributed by atoms with van der Waals surface area (Å²) in [5.74, 6) is -1.18. The molecule has 64 valence electrons. The number of ketones is 1. The van der Waals surface area contributed by atoms with E-state index in [1.165, 1.54) is 6.92 Å². The van der Waals surface area contributed by atoms with Crippen molar-refractivity contribution in [3.63, 3.8) is 0 Å². The van der Waals surface area contributed by atoms with Crippen LogP contribution in [0.1, 0.15) is 27.2 Å². The van der Waals surface area contributed by atoms with Crippen LogP contribution in [0.5, 0.6) is 0 Å². The summed E-state index contributed by atoms with van der Waals surface area (Å²) in [7, 11) is 0. The van der Waals surface area contributed by atoms with Gasteiger partial charge in [0, 0.05) is 5.41 Å². The summed E-state index contributed by atoms with van der Waals surface area (Å²) < 4.78 is 5.09. The molecule has 3 heteroatoms. The van der Waals surface area contributed by atoms with Crippen molar-refractivity contribution in [3.8, 4) is 0 Å². The number of rotatable bonds is 0. The summed E-state index contributed by atoms with van der Waals surface area (Å²) >= 11 is 0. The van der Waals surface area contributed by atoms with Crippen molar-refractivity contribution in [2.24, 2.45) is 5.41 Å². The van der Waals surface area contributed by atoms with Crippen molar-refractivity contribution in [1.82, 2.24) is 0 Å². The van der Waals surface area contributed by atoms with Gasteiger partial charge in [-0.05, 0) is 6.92 Å². The van der Waals surface area contributed by atoms with E-state index >= 15 is 0 Å². The maximum atomic E-state index is 11.3. The average molecular weight is 158 g/mol. The van der Waals surface area contributed by atoms with Crippen molar-refractivity contribution in [2.75, 3.05) is 6.61 Å². The summed E-state index contributed by atoms with van der Waals surface area (Å²) in [6.45, 7) is 5.47. The topological polar surface area (TPSA) is 46.5 Å². The Morgan fingerprint density at radius 1 is 1.45 bits per heavy atom. The van der Waals surface area contributed by atoms with Gasteiger partial charge in [-0.15, -0.1) is 0 Å². The van der Waals surface area contributed by atoms with Gasteiger partial charge < -0.3 is 9.84 Å². The molecule has 0 aliphatic carbocycles. The first-order valence-corrected chi connectivity index (χ1v) is 3.73. The quantitative estimate of drug-likeness (QED) is 0.564. The summed E-state index contributed by atoms with van der Waals surface area (Å²) in [5.41, 5.74) is -0.428. The Balaban J connectivity index is 2.71. The molecule has 0 bridgehead atoms. The first-order valence-electron chi connectivity index (χ1n) is 3.73. The third kappa shape index (κ3) is 1.79. The predicted molar refractivity (Wildman–Crippen MR) is 40.0 cm³/mol. The summed E-state index contributed by atoms with van der Waals surface area (Å²) in [4.78, 5) is 11.3. The molecule has 0 aromatic heterocycles. The van der Waals surface area contributed by atoms with Crippen molar-refractivity contribution < 1.29 is 14.6 Å². The van der Waals surface area contributed by atoms with Crippen LogP contribution in [-0.2, 0) is 9.53 Å². The predicted octanol–water partition coefficient (Wildman–Crippen LogP) is 0.710. The molecule has 1 atom stereocenters. The molecule has 0 aromatic carbocycles. The van der Waals surface area contributed by atoms with Crippen molar-refractivity contribution in [1.29, 1.82) is 0 Å².